The molecule has 2 aromatic carbocycles. The van der Waals surface area contributed by atoms with Crippen LogP contribution in [0.25, 0.3) is 10.9 Å². The molecule has 1 aliphatic rings. The van der Waals surface area contributed by atoms with E-state index in [4.69, 9.17) is 16.3 Å². The van der Waals surface area contributed by atoms with Gasteiger partial charge in [-0.15, -0.1) is 11.8 Å². The minimum Gasteiger partial charge on any atom is -0.491 e. The van der Waals surface area contributed by atoms with Crippen LogP contribution in [0.15, 0.2) is 47.4 Å². The Hall–Kier alpha value is -2.64. The molecule has 4 rings (SSSR count). The van der Waals surface area contributed by atoms with Crippen molar-refractivity contribution in [2.45, 2.75) is 76.1 Å². The van der Waals surface area contributed by atoms with Gasteiger partial charge in [0.05, 0.1) is 11.5 Å². The lowest BCUT2D eigenvalue weighted by atomic mass is 9.88. The van der Waals surface area contributed by atoms with E-state index in [2.05, 4.69) is 42.8 Å². The van der Waals surface area contributed by atoms with Crippen LogP contribution in [0, 0.1) is 5.41 Å². The van der Waals surface area contributed by atoms with Gasteiger partial charge in [-0.3, -0.25) is 9.59 Å². The number of carbonyl (C=O) groups is 2. The van der Waals surface area contributed by atoms with Crippen LogP contribution in [0.4, 0.5) is 0 Å². The number of fused-ring (bicyclic) bond motifs is 1. The molecule has 1 aliphatic heterocycles. The summed E-state index contributed by atoms with van der Waals surface area (Å²) in [5.41, 5.74) is 2.16. The fourth-order valence-electron chi connectivity index (χ4n) is 4.49. The van der Waals surface area contributed by atoms with Crippen molar-refractivity contribution in [1.29, 1.82) is 0 Å². The number of carbonyl (C=O) groups excluding carboxylic acids is 1. The molecule has 1 amide bonds. The average Bonchev–Trinajstić information content (AvgIpc) is 3.34. The summed E-state index contributed by atoms with van der Waals surface area (Å²) in [6, 6.07) is 13.8. The van der Waals surface area contributed by atoms with Crippen LogP contribution in [0.5, 0.6) is 5.75 Å². The maximum Gasteiger partial charge on any atom is 0.309 e. The predicted molar refractivity (Wildman–Crippen MR) is 150 cm³/mol. The summed E-state index contributed by atoms with van der Waals surface area (Å²) < 4.78 is 8.25. The number of ether oxygens (including phenoxy) is 1. The molecule has 1 saturated heterocycles. The molecule has 8 heteroatoms. The van der Waals surface area contributed by atoms with E-state index in [1.807, 2.05) is 30.3 Å². The van der Waals surface area contributed by atoms with Crippen LogP contribution in [-0.2, 0) is 22.6 Å². The van der Waals surface area contributed by atoms with Crippen LogP contribution in [0.2, 0.25) is 5.02 Å². The molecule has 1 fully saturated rings. The van der Waals surface area contributed by atoms with Crippen molar-refractivity contribution in [3.8, 4) is 5.75 Å². The molecule has 0 aliphatic carbocycles. The number of carboxylic acids is 1. The summed E-state index contributed by atoms with van der Waals surface area (Å²) in [6.45, 7) is 11.0. The van der Waals surface area contributed by atoms with Crippen LogP contribution in [0.1, 0.15) is 58.7 Å². The van der Waals surface area contributed by atoms with Gasteiger partial charge in [0.1, 0.15) is 12.4 Å². The minimum absolute atomic E-state index is 0.0213. The lowest BCUT2D eigenvalue weighted by molar-refractivity contribution is -0.146. The van der Waals surface area contributed by atoms with Crippen LogP contribution < -0.4 is 10.1 Å². The number of aliphatic carboxylic acids is 1. The largest absolute Gasteiger partial charge is 0.491 e. The number of halogens is 1. The summed E-state index contributed by atoms with van der Waals surface area (Å²) >= 11 is 7.88. The minimum atomic E-state index is -0.945. The molecule has 2 heterocycles. The van der Waals surface area contributed by atoms with E-state index < -0.39 is 11.4 Å². The van der Waals surface area contributed by atoms with Gasteiger partial charge in [-0.25, -0.2) is 0 Å². The second-order valence-electron chi connectivity index (χ2n) is 11.4. The Morgan fingerprint density at radius 2 is 1.86 bits per heavy atom. The molecule has 198 valence electrons. The summed E-state index contributed by atoms with van der Waals surface area (Å²) in [5.74, 6) is -0.0277. The number of amides is 1. The predicted octanol–water partition coefficient (Wildman–Crippen LogP) is 6.54. The Morgan fingerprint density at radius 1 is 1.16 bits per heavy atom. The highest BCUT2D eigenvalue weighted by Crippen LogP contribution is 2.44. The first-order chi connectivity index (χ1) is 17.3. The molecule has 37 heavy (non-hydrogen) atoms. The smallest absolute Gasteiger partial charge is 0.309 e. The van der Waals surface area contributed by atoms with Crippen LogP contribution in [-0.4, -0.2) is 38.9 Å². The highest BCUT2D eigenvalue weighted by molar-refractivity contribution is 8.00. The Morgan fingerprint density at radius 3 is 2.46 bits per heavy atom. The van der Waals surface area contributed by atoms with E-state index >= 15 is 0 Å². The fourth-order valence-corrected chi connectivity index (χ4v) is 5.80. The van der Waals surface area contributed by atoms with Gasteiger partial charge in [-0.05, 0) is 56.2 Å². The van der Waals surface area contributed by atoms with E-state index in [1.165, 1.54) is 0 Å². The Bertz CT molecular complexity index is 1310. The molecule has 0 spiro atoms. The first kappa shape index (κ1) is 27.4. The summed E-state index contributed by atoms with van der Waals surface area (Å²) in [6.07, 6.45) is 1.70. The van der Waals surface area contributed by atoms with Crippen molar-refractivity contribution in [3.05, 3.63) is 58.7 Å². The zero-order valence-corrected chi connectivity index (χ0v) is 23.6. The van der Waals surface area contributed by atoms with Gasteiger partial charge in [-0.1, -0.05) is 44.5 Å². The lowest BCUT2D eigenvalue weighted by Gasteiger charge is -2.24. The van der Waals surface area contributed by atoms with Gasteiger partial charge in [0.25, 0.3) is 0 Å². The third-order valence-electron chi connectivity index (χ3n) is 6.48. The number of hydrogen-bond donors (Lipinski definition) is 2. The molecule has 0 bridgehead atoms. The molecule has 3 aromatic rings. The SMILES string of the molecule is CC(C)(C)Sc1c(CC(C)(C)C(=O)O)n(Cc2ccc(Cl)cc2)c2ccc(OC[C@H]3CCC(=O)N3)cc12. The normalized spacial score (nSPS) is 16.3. The van der Waals surface area contributed by atoms with E-state index in [9.17, 15) is 14.7 Å². The fraction of sp³-hybridized carbons (Fsp3) is 0.448. The summed E-state index contributed by atoms with van der Waals surface area (Å²) in [4.78, 5) is 24.8. The van der Waals surface area contributed by atoms with Crippen LogP contribution in [0.3, 0.4) is 0 Å². The number of aromatic nitrogens is 1. The Balaban J connectivity index is 1.82. The second-order valence-corrected chi connectivity index (χ2v) is 13.6. The number of rotatable bonds is 9. The summed E-state index contributed by atoms with van der Waals surface area (Å²) in [5, 5.41) is 14.6. The van der Waals surface area contributed by atoms with Crippen molar-refractivity contribution >= 4 is 46.1 Å². The molecule has 0 radical (unpaired) electrons. The molecule has 0 saturated carbocycles. The number of nitrogens with one attached hydrogen (secondary N) is 1. The summed E-state index contributed by atoms with van der Waals surface area (Å²) in [7, 11) is 0. The van der Waals surface area contributed by atoms with Crippen molar-refractivity contribution < 1.29 is 19.4 Å². The monoisotopic (exact) mass is 542 g/mol. The van der Waals surface area contributed by atoms with E-state index in [0.717, 1.165) is 39.2 Å². The second kappa shape index (κ2) is 10.6. The van der Waals surface area contributed by atoms with Crippen LogP contribution >= 0.6 is 23.4 Å². The van der Waals surface area contributed by atoms with Gasteiger partial charge in [0.15, 0.2) is 0 Å². The molecular weight excluding hydrogens is 508 g/mol. The van der Waals surface area contributed by atoms with Crippen molar-refractivity contribution in [1.82, 2.24) is 9.88 Å². The Labute approximate surface area is 227 Å². The zero-order valence-electron chi connectivity index (χ0n) is 22.1. The van der Waals surface area contributed by atoms with Gasteiger partial charge < -0.3 is 19.7 Å². The maximum absolute atomic E-state index is 12.2. The van der Waals surface area contributed by atoms with Gasteiger partial charge >= 0.3 is 5.97 Å². The highest BCUT2D eigenvalue weighted by Gasteiger charge is 2.33. The standard InChI is InChI=1S/C29H35ClN2O4S/c1-28(2,3)37-26-22-14-21(36-17-20-10-13-25(33)31-20)11-12-23(22)32(16-18-6-8-19(30)9-7-18)24(26)15-29(4,5)27(34)35/h6-9,11-12,14,20H,10,13,15-17H2,1-5H3,(H,31,33)(H,34,35)/t20-/m1/s1. The number of hydrogen-bond acceptors (Lipinski definition) is 4. The van der Waals surface area contributed by atoms with Gasteiger partial charge in [-0.2, -0.15) is 0 Å². The third-order valence-corrected chi connectivity index (χ3v) is 8.00. The van der Waals surface area contributed by atoms with E-state index in [1.54, 1.807) is 25.6 Å². The number of nitrogens with zero attached hydrogens (tertiary/aromatic N) is 1. The number of benzene rings is 2. The van der Waals surface area contributed by atoms with Crippen molar-refractivity contribution in [2.24, 2.45) is 5.41 Å². The molecule has 6 nitrogen and oxygen atoms in total. The zero-order chi connectivity index (χ0) is 27.0. The Kier molecular flexibility index (Phi) is 7.86. The average molecular weight is 543 g/mol. The van der Waals surface area contributed by atoms with Gasteiger partial charge in [0, 0.05) is 50.6 Å². The molecular formula is C29H35ClN2O4S. The van der Waals surface area contributed by atoms with Crippen molar-refractivity contribution in [2.75, 3.05) is 6.61 Å². The lowest BCUT2D eigenvalue weighted by Crippen LogP contribution is -2.30. The number of carboxylic acid groups (broad SMARTS) is 1. The molecule has 1 aromatic heterocycles. The first-order valence-electron chi connectivity index (χ1n) is 12.6. The maximum atomic E-state index is 12.2. The quantitative estimate of drug-likeness (QED) is 0.300. The van der Waals surface area contributed by atoms with E-state index in [0.29, 0.717) is 31.0 Å². The molecule has 1 atom stereocenters. The molecule has 0 unspecified atom stereocenters. The van der Waals surface area contributed by atoms with Gasteiger partial charge in [0.2, 0.25) is 5.91 Å². The topological polar surface area (TPSA) is 80.6 Å². The van der Waals surface area contributed by atoms with Crippen molar-refractivity contribution in [3.63, 3.8) is 0 Å². The third kappa shape index (κ3) is 6.63. The highest BCUT2D eigenvalue weighted by atomic mass is 35.5. The molecule has 2 N–H and O–H groups in total. The number of thioether (sulfide) groups is 1. The first-order valence-corrected chi connectivity index (χ1v) is 13.8. The van der Waals surface area contributed by atoms with E-state index in [-0.39, 0.29) is 16.7 Å².